The van der Waals surface area contributed by atoms with Gasteiger partial charge < -0.3 is 20.4 Å². The summed E-state index contributed by atoms with van der Waals surface area (Å²) in [7, 11) is -5.06. The van der Waals surface area contributed by atoms with Crippen LogP contribution >= 0.6 is 31.7 Å². The van der Waals surface area contributed by atoms with Crippen molar-refractivity contribution < 1.29 is 59.4 Å². The summed E-state index contributed by atoms with van der Waals surface area (Å²) in [5.41, 5.74) is 7.97. The van der Waals surface area contributed by atoms with Crippen molar-refractivity contribution in [3.05, 3.63) is 336 Å². The van der Waals surface area contributed by atoms with E-state index in [-0.39, 0.29) is 62.0 Å². The van der Waals surface area contributed by atoms with Gasteiger partial charge in [-0.25, -0.2) is 0 Å². The largest absolute Gasteiger partial charge is 2.00 e. The zero-order valence-corrected chi connectivity index (χ0v) is 62.7. The van der Waals surface area contributed by atoms with Crippen LogP contribution in [0.3, 0.4) is 0 Å². The van der Waals surface area contributed by atoms with Crippen LogP contribution in [0.1, 0.15) is 44.5 Å². The fourth-order valence-electron chi connectivity index (χ4n) is 11.3. The normalized spacial score (nSPS) is 10.6. The standard InChI is InChI=1S/4C20H19OP.2Zn/c4*1-15-13-16(2)20(21)19(14-15)22(17-9-5-3-6-10-17)18-11-7-4-8-12-18;;/h4*3-14,21H,1-2H3;;/q;;;;2*+2. The molecule has 0 unspecified atom stereocenters. The maximum Gasteiger partial charge on any atom is 2.00 e. The average molecular weight is 1360 g/mol. The second-order valence-corrected chi connectivity index (χ2v) is 32.0. The van der Waals surface area contributed by atoms with E-state index in [1.54, 1.807) is 0 Å². The first-order valence-corrected chi connectivity index (χ1v) is 35.7. The number of hydrogen-bond acceptors (Lipinski definition) is 4. The summed E-state index contributed by atoms with van der Waals surface area (Å²) in [6.45, 7) is 15.9. The Hall–Kier alpha value is -7.19. The molecule has 12 rings (SSSR count). The van der Waals surface area contributed by atoms with E-state index in [1.165, 1.54) is 42.4 Å². The molecule has 0 saturated heterocycles. The SMILES string of the molecule is Cc1cc(C)c([O-])c([PH+](c2ccccc2)c2ccccc2)c1.Cc1cc(C)c([O-])c([PH+](c2ccccc2)c2ccccc2)c1.Cc1cc(C)c([O-])c([PH+](c2ccccc2)c2ccccc2)c1.Cc1cc(C)c([O-])c([PH+](c2ccccc2)c2ccccc2)c1.[Zn+2].[Zn+2]. The Morgan fingerprint density at radius 3 is 0.433 bits per heavy atom. The van der Waals surface area contributed by atoms with Gasteiger partial charge in [-0.15, -0.1) is 0 Å². The van der Waals surface area contributed by atoms with Gasteiger partial charge in [0.1, 0.15) is 42.4 Å². The van der Waals surface area contributed by atoms with Gasteiger partial charge in [0.15, 0.2) is 0 Å². The molecule has 0 radical (unpaired) electrons. The van der Waals surface area contributed by atoms with Crippen LogP contribution in [-0.4, -0.2) is 0 Å². The molecular formula is C80H76O4P4Zn2+4. The molecule has 12 aromatic carbocycles. The van der Waals surface area contributed by atoms with Gasteiger partial charge in [0.2, 0.25) is 0 Å². The van der Waals surface area contributed by atoms with Crippen LogP contribution in [0.4, 0.5) is 0 Å². The van der Waals surface area contributed by atoms with E-state index in [2.05, 4.69) is 246 Å². The fraction of sp³-hybridized carbons (Fsp3) is 0.100. The summed E-state index contributed by atoms with van der Waals surface area (Å²) >= 11 is 0. The van der Waals surface area contributed by atoms with Gasteiger partial charge in [0.05, 0.1) is 52.9 Å². The van der Waals surface area contributed by atoms with Gasteiger partial charge in [-0.3, -0.25) is 0 Å². The van der Waals surface area contributed by atoms with Gasteiger partial charge in [-0.05, 0) is 199 Å². The fourth-order valence-corrected chi connectivity index (χ4v) is 22.5. The van der Waals surface area contributed by atoms with Crippen LogP contribution < -0.4 is 84.1 Å². The summed E-state index contributed by atoms with van der Waals surface area (Å²) in [4.78, 5) is 0. The molecule has 0 atom stereocenters. The second-order valence-electron chi connectivity index (χ2n) is 22.3. The average Bonchev–Trinajstić information content (AvgIpc) is 1.17. The molecule has 0 fully saturated rings. The van der Waals surface area contributed by atoms with Crippen molar-refractivity contribution in [1.29, 1.82) is 0 Å². The van der Waals surface area contributed by atoms with Gasteiger partial charge >= 0.3 is 39.0 Å². The molecule has 0 amide bonds. The van der Waals surface area contributed by atoms with Gasteiger partial charge in [-0.1, -0.05) is 215 Å². The maximum atomic E-state index is 12.7. The smallest absolute Gasteiger partial charge is 0.870 e. The molecule has 90 heavy (non-hydrogen) atoms. The zero-order valence-electron chi connectivity index (χ0n) is 52.8. The van der Waals surface area contributed by atoms with Crippen molar-refractivity contribution in [2.75, 3.05) is 0 Å². The summed E-state index contributed by atoms with van der Waals surface area (Å²) in [6, 6.07) is 99.4. The minimum atomic E-state index is -1.26. The molecule has 0 bridgehead atoms. The van der Waals surface area contributed by atoms with Crippen molar-refractivity contribution in [1.82, 2.24) is 0 Å². The van der Waals surface area contributed by atoms with E-state index < -0.39 is 31.7 Å². The number of benzene rings is 12. The van der Waals surface area contributed by atoms with Gasteiger partial charge in [0, 0.05) is 0 Å². The third-order valence-corrected chi connectivity index (χ3v) is 26.2. The van der Waals surface area contributed by atoms with Crippen molar-refractivity contribution >= 4 is 95.3 Å². The molecule has 0 aliphatic rings. The van der Waals surface area contributed by atoms with E-state index in [9.17, 15) is 20.4 Å². The van der Waals surface area contributed by atoms with Crippen LogP contribution in [0.2, 0.25) is 0 Å². The van der Waals surface area contributed by atoms with E-state index in [0.717, 1.165) is 65.7 Å². The third-order valence-electron chi connectivity index (χ3n) is 15.3. The van der Waals surface area contributed by atoms with Crippen LogP contribution in [0, 0.1) is 55.4 Å². The molecule has 0 aliphatic heterocycles. The molecule has 12 aromatic rings. The quantitative estimate of drug-likeness (QED) is 0.0900. The molecule has 10 heteroatoms. The van der Waals surface area contributed by atoms with Crippen LogP contribution in [0.15, 0.2) is 291 Å². The summed E-state index contributed by atoms with van der Waals surface area (Å²) < 4.78 is 0. The molecular weight excluding hydrogens is 1280 g/mol. The van der Waals surface area contributed by atoms with Gasteiger partial charge in [-0.2, -0.15) is 0 Å². The van der Waals surface area contributed by atoms with Crippen molar-refractivity contribution in [2.24, 2.45) is 0 Å². The van der Waals surface area contributed by atoms with Crippen LogP contribution in [-0.2, 0) is 39.0 Å². The Labute approximate surface area is 564 Å². The maximum absolute atomic E-state index is 12.7. The molecule has 440 valence electrons. The first kappa shape index (κ1) is 70.3. The van der Waals surface area contributed by atoms with Crippen molar-refractivity contribution in [3.63, 3.8) is 0 Å². The molecule has 0 aromatic heterocycles. The van der Waals surface area contributed by atoms with Crippen molar-refractivity contribution in [2.45, 2.75) is 55.4 Å². The molecule has 0 N–H and O–H groups in total. The first-order valence-electron chi connectivity index (χ1n) is 29.7. The summed E-state index contributed by atoms with van der Waals surface area (Å²) in [5, 5.41) is 64.8. The number of rotatable bonds is 12. The van der Waals surface area contributed by atoms with Gasteiger partial charge in [0.25, 0.3) is 0 Å². The minimum Gasteiger partial charge on any atom is -0.870 e. The molecule has 4 nitrogen and oxygen atoms in total. The first-order chi connectivity index (χ1) is 42.7. The Kier molecular flexibility index (Phi) is 26.8. The minimum absolute atomic E-state index is 0. The predicted molar refractivity (Wildman–Crippen MR) is 382 cm³/mol. The van der Waals surface area contributed by atoms with E-state index in [1.807, 2.05) is 100 Å². The predicted octanol–water partition coefficient (Wildman–Crippen LogP) is 11.5. The van der Waals surface area contributed by atoms with E-state index in [0.29, 0.717) is 0 Å². The third kappa shape index (κ3) is 18.1. The zero-order chi connectivity index (χ0) is 62.1. The van der Waals surface area contributed by atoms with Crippen molar-refractivity contribution in [3.8, 4) is 23.0 Å². The van der Waals surface area contributed by atoms with Crippen LogP contribution in [0.25, 0.3) is 0 Å². The molecule has 0 spiro atoms. The molecule has 0 heterocycles. The topological polar surface area (TPSA) is 92.2 Å². The van der Waals surface area contributed by atoms with Crippen LogP contribution in [0.5, 0.6) is 23.0 Å². The molecule has 0 saturated carbocycles. The Morgan fingerprint density at radius 1 is 0.189 bits per heavy atom. The Morgan fingerprint density at radius 2 is 0.311 bits per heavy atom. The number of aryl methyl sites for hydroxylation is 8. The summed E-state index contributed by atoms with van der Waals surface area (Å²) in [5.74, 6) is 0.749. The summed E-state index contributed by atoms with van der Waals surface area (Å²) in [6.07, 6.45) is 0. The Balaban J connectivity index is 0.000000169. The Bertz CT molecular complexity index is 3470. The molecule has 0 aliphatic carbocycles. The number of hydrogen-bond donors (Lipinski definition) is 0. The monoisotopic (exact) mass is 1350 g/mol. The van der Waals surface area contributed by atoms with E-state index in [4.69, 9.17) is 0 Å². The second kappa shape index (κ2) is 34.3. The van der Waals surface area contributed by atoms with E-state index >= 15 is 0 Å².